The number of aromatic amines is 1. The molecule has 0 fully saturated rings. The van der Waals surface area contributed by atoms with Gasteiger partial charge in [0.2, 0.25) is 0 Å². The largest absolute Gasteiger partial charge is 0.350 e. The zero-order valence-electron chi connectivity index (χ0n) is 17.9. The van der Waals surface area contributed by atoms with E-state index >= 15 is 0 Å². The Bertz CT molecular complexity index is 1440. The Labute approximate surface area is 195 Å². The molecule has 0 aliphatic carbocycles. The van der Waals surface area contributed by atoms with Crippen molar-refractivity contribution in [2.45, 2.75) is 13.5 Å². The van der Waals surface area contributed by atoms with E-state index in [0.717, 1.165) is 11.1 Å². The lowest BCUT2D eigenvalue weighted by Crippen LogP contribution is -2.30. The second kappa shape index (κ2) is 9.21. The number of carbonyl (C=O) groups is 1. The van der Waals surface area contributed by atoms with Crippen LogP contribution in [0.5, 0.6) is 0 Å². The fraction of sp³-hybridized carbons (Fsp3) is 0.125. The number of amides is 1. The molecule has 1 amide bonds. The number of aryl methyl sites for hydroxylation is 1. The molecule has 0 bridgehead atoms. The Morgan fingerprint density at radius 2 is 1.97 bits per heavy atom. The average molecular weight is 479 g/mol. The first-order chi connectivity index (χ1) is 15.9. The van der Waals surface area contributed by atoms with Gasteiger partial charge in [-0.2, -0.15) is 5.26 Å². The van der Waals surface area contributed by atoms with Gasteiger partial charge in [-0.25, -0.2) is 0 Å². The third kappa shape index (κ3) is 4.42. The number of H-pyrrole nitrogens is 1. The predicted molar refractivity (Wildman–Crippen MR) is 128 cm³/mol. The molecular weight excluding hydrogens is 459 g/mol. The summed E-state index contributed by atoms with van der Waals surface area (Å²) in [7, 11) is -2.46. The summed E-state index contributed by atoms with van der Waals surface area (Å²) in [6, 6.07) is 15.6. The molecule has 2 heterocycles. The van der Waals surface area contributed by atoms with Crippen LogP contribution in [0.2, 0.25) is 5.02 Å². The number of fused-ring (bicyclic) bond motifs is 1. The van der Waals surface area contributed by atoms with Gasteiger partial charge in [0.25, 0.3) is 13.3 Å². The molecule has 0 spiro atoms. The molecule has 4 rings (SSSR count). The van der Waals surface area contributed by atoms with Crippen LogP contribution < -0.4 is 15.9 Å². The Balaban J connectivity index is 1.88. The number of hydrogen-bond acceptors (Lipinski definition) is 5. The Kier molecular flexibility index (Phi) is 6.35. The zero-order valence-corrected chi connectivity index (χ0v) is 19.6. The summed E-state index contributed by atoms with van der Waals surface area (Å²) < 4.78 is 20.0. The first kappa shape index (κ1) is 22.8. The molecule has 0 radical (unpaired) electrons. The van der Waals surface area contributed by atoms with Crippen molar-refractivity contribution in [3.05, 3.63) is 88.3 Å². The number of halogens is 1. The van der Waals surface area contributed by atoms with E-state index in [1.807, 2.05) is 0 Å². The van der Waals surface area contributed by atoms with Gasteiger partial charge >= 0.3 is 0 Å². The van der Waals surface area contributed by atoms with Crippen molar-refractivity contribution in [2.75, 3.05) is 7.11 Å². The fourth-order valence-corrected chi connectivity index (χ4v) is 6.17. The Morgan fingerprint density at radius 1 is 1.21 bits per heavy atom. The molecule has 2 N–H and O–H groups in total. The summed E-state index contributed by atoms with van der Waals surface area (Å²) in [5, 5.41) is 13.7. The normalized spacial score (nSPS) is 12.8. The van der Waals surface area contributed by atoms with Crippen LogP contribution in [0.1, 0.15) is 27.2 Å². The van der Waals surface area contributed by atoms with Gasteiger partial charge in [0.15, 0.2) is 0 Å². The second-order valence-corrected chi connectivity index (χ2v) is 10.3. The third-order valence-electron chi connectivity index (χ3n) is 5.25. The van der Waals surface area contributed by atoms with Crippen LogP contribution in [0, 0.1) is 18.3 Å². The van der Waals surface area contributed by atoms with E-state index in [4.69, 9.17) is 16.1 Å². The highest BCUT2D eigenvalue weighted by Gasteiger charge is 2.36. The highest BCUT2D eigenvalue weighted by molar-refractivity contribution is 7.75. The molecule has 2 aromatic heterocycles. The van der Waals surface area contributed by atoms with E-state index in [1.165, 1.54) is 13.2 Å². The van der Waals surface area contributed by atoms with Crippen molar-refractivity contribution < 1.29 is 13.9 Å². The van der Waals surface area contributed by atoms with Crippen molar-refractivity contribution >= 4 is 46.4 Å². The van der Waals surface area contributed by atoms with Crippen molar-refractivity contribution in [3.63, 3.8) is 0 Å². The van der Waals surface area contributed by atoms with E-state index in [1.54, 1.807) is 61.8 Å². The summed E-state index contributed by atoms with van der Waals surface area (Å²) in [6.07, 6.45) is 3.28. The molecule has 1 atom stereocenters. The predicted octanol–water partition coefficient (Wildman–Crippen LogP) is 4.20. The molecule has 166 valence electrons. The van der Waals surface area contributed by atoms with E-state index in [9.17, 15) is 14.6 Å². The van der Waals surface area contributed by atoms with E-state index in [2.05, 4.69) is 21.4 Å². The molecule has 9 heteroatoms. The minimum Gasteiger partial charge on any atom is -0.350 e. The molecule has 7 nitrogen and oxygen atoms in total. The van der Waals surface area contributed by atoms with Gasteiger partial charge in [0, 0.05) is 47.3 Å². The van der Waals surface area contributed by atoms with Gasteiger partial charge < -0.3 is 14.8 Å². The Hall–Kier alpha value is -3.43. The third-order valence-corrected chi connectivity index (χ3v) is 7.99. The Morgan fingerprint density at radius 3 is 2.67 bits per heavy atom. The van der Waals surface area contributed by atoms with Crippen molar-refractivity contribution in [2.24, 2.45) is 0 Å². The number of rotatable bonds is 6. The van der Waals surface area contributed by atoms with Crippen molar-refractivity contribution in [3.8, 4) is 6.07 Å². The van der Waals surface area contributed by atoms with Crippen LogP contribution in [0.15, 0.2) is 60.9 Å². The van der Waals surface area contributed by atoms with Gasteiger partial charge in [-0.05, 0) is 66.6 Å². The number of hydrogen-bond donors (Lipinski definition) is 2. The molecule has 0 saturated carbocycles. The number of benzene rings is 2. The molecule has 33 heavy (non-hydrogen) atoms. The smallest absolute Gasteiger partial charge is 0.268 e. The van der Waals surface area contributed by atoms with Crippen molar-refractivity contribution in [1.29, 1.82) is 5.26 Å². The van der Waals surface area contributed by atoms with E-state index in [-0.39, 0.29) is 17.5 Å². The molecule has 2 aromatic carbocycles. The summed E-state index contributed by atoms with van der Waals surface area (Å²) in [4.78, 5) is 20.3. The lowest BCUT2D eigenvalue weighted by atomic mass is 10.2. The first-order valence-electron chi connectivity index (χ1n) is 10.0. The minimum atomic E-state index is -3.79. The van der Waals surface area contributed by atoms with Crippen LogP contribution in [0.3, 0.4) is 0 Å². The van der Waals surface area contributed by atoms with Gasteiger partial charge in [-0.1, -0.05) is 11.6 Å². The summed E-state index contributed by atoms with van der Waals surface area (Å²) in [6.45, 7) is 2.07. The van der Waals surface area contributed by atoms with Gasteiger partial charge in [0.05, 0.1) is 16.9 Å². The van der Waals surface area contributed by atoms with Crippen molar-refractivity contribution in [1.82, 2.24) is 15.3 Å². The highest BCUT2D eigenvalue weighted by atomic mass is 35.5. The fourth-order valence-electron chi connectivity index (χ4n) is 3.71. The van der Waals surface area contributed by atoms with Gasteiger partial charge in [0.1, 0.15) is 5.69 Å². The standard InChI is InChI=1S/C24H20ClN4O3P/c1-15-9-17(13-26)11-19(10-15)33(31,32-2)23-20-12-18(25)3-4-21(20)29-22(23)24(30)28-14-16-5-7-27-8-6-16/h3-12,29H,14H2,1-2H3,(H,28,30). The number of carbonyl (C=O) groups excluding carboxylic acids is 1. The van der Waals surface area contributed by atoms with E-state index < -0.39 is 13.3 Å². The SMILES string of the molecule is COP(=O)(c1cc(C)cc(C#N)c1)c1c(C(=O)NCc2ccncc2)[nH]c2ccc(Cl)cc12. The van der Waals surface area contributed by atoms with Gasteiger partial charge in [-0.3, -0.25) is 14.3 Å². The molecule has 4 aromatic rings. The quantitative estimate of drug-likeness (QED) is 0.404. The highest BCUT2D eigenvalue weighted by Crippen LogP contribution is 2.47. The number of nitriles is 1. The van der Waals surface area contributed by atoms with Crippen LogP contribution in [0.25, 0.3) is 10.9 Å². The van der Waals surface area contributed by atoms with Crippen LogP contribution >= 0.6 is 19.0 Å². The maximum Gasteiger partial charge on any atom is 0.268 e. The summed E-state index contributed by atoms with van der Waals surface area (Å²) in [5.74, 6) is -0.445. The monoisotopic (exact) mass is 478 g/mol. The van der Waals surface area contributed by atoms with Crippen LogP contribution in [-0.2, 0) is 15.6 Å². The van der Waals surface area contributed by atoms with E-state index in [0.29, 0.717) is 26.8 Å². The maximum atomic E-state index is 14.4. The lowest BCUT2D eigenvalue weighted by molar-refractivity contribution is 0.0947. The van der Waals surface area contributed by atoms with Crippen LogP contribution in [-0.4, -0.2) is 23.0 Å². The minimum absolute atomic E-state index is 0.117. The lowest BCUT2D eigenvalue weighted by Gasteiger charge is -2.19. The zero-order chi connectivity index (χ0) is 23.6. The number of nitrogens with one attached hydrogen (secondary N) is 2. The molecule has 1 unspecified atom stereocenters. The van der Waals surface area contributed by atoms with Gasteiger partial charge in [-0.15, -0.1) is 0 Å². The number of pyridine rings is 1. The first-order valence-corrected chi connectivity index (χ1v) is 12.0. The summed E-state index contributed by atoms with van der Waals surface area (Å²) in [5.41, 5.74) is 2.68. The molecule has 0 aliphatic heterocycles. The molecular formula is C24H20ClN4O3P. The average Bonchev–Trinajstić information content (AvgIpc) is 3.21. The van der Waals surface area contributed by atoms with Crippen LogP contribution in [0.4, 0.5) is 0 Å². The number of aromatic nitrogens is 2. The summed E-state index contributed by atoms with van der Waals surface area (Å²) >= 11 is 6.24. The second-order valence-electron chi connectivity index (χ2n) is 7.48. The number of nitrogens with zero attached hydrogens (tertiary/aromatic N) is 2. The molecule has 0 saturated heterocycles. The molecule has 0 aliphatic rings. The maximum absolute atomic E-state index is 14.4. The topological polar surface area (TPSA) is 108 Å².